The van der Waals surface area contributed by atoms with E-state index in [1.807, 2.05) is 42.8 Å². The predicted octanol–water partition coefficient (Wildman–Crippen LogP) is 3.01. The van der Waals surface area contributed by atoms with Gasteiger partial charge in [0.25, 0.3) is 0 Å². The molecule has 7 heteroatoms. The van der Waals surface area contributed by atoms with Gasteiger partial charge in [0.1, 0.15) is 0 Å². The Balaban J connectivity index is 1.73. The number of nitrogens with one attached hydrogen (secondary N) is 1. The van der Waals surface area contributed by atoms with Crippen LogP contribution in [0.4, 0.5) is 5.69 Å². The minimum Gasteiger partial charge on any atom is -0.545 e. The van der Waals surface area contributed by atoms with Crippen molar-refractivity contribution in [3.05, 3.63) is 81.6 Å². The van der Waals surface area contributed by atoms with Crippen molar-refractivity contribution < 1.29 is 9.90 Å². The topological polar surface area (TPSA) is 82.3 Å². The Kier molecular flexibility index (Phi) is 5.57. The van der Waals surface area contributed by atoms with Crippen LogP contribution in [0.15, 0.2) is 53.6 Å². The predicted molar refractivity (Wildman–Crippen MR) is 104 cm³/mol. The fraction of sp³-hybridized carbons (Fsp3) is 0.150. The lowest BCUT2D eigenvalue weighted by atomic mass is 10.2. The number of hydrogen-bond acceptors (Lipinski definition) is 5. The van der Waals surface area contributed by atoms with Crippen LogP contribution in [0.2, 0.25) is 5.02 Å². The highest BCUT2D eigenvalue weighted by Crippen LogP contribution is 2.19. The Hall–Kier alpha value is -3.12. The maximum atomic E-state index is 10.8. The first-order valence-electron chi connectivity index (χ1n) is 8.33. The summed E-state index contributed by atoms with van der Waals surface area (Å²) in [5, 5.41) is 20.3. The summed E-state index contributed by atoms with van der Waals surface area (Å²) in [5.74, 6) is -1.21. The Morgan fingerprint density at radius 3 is 2.59 bits per heavy atom. The number of aromatic carboxylic acids is 1. The first kappa shape index (κ1) is 18.7. The zero-order valence-corrected chi connectivity index (χ0v) is 15.7. The number of nitrogens with zero attached hydrogens (tertiary/aromatic N) is 3. The highest BCUT2D eigenvalue weighted by Gasteiger charge is 2.11. The molecule has 0 spiro atoms. The molecule has 1 aromatic heterocycles. The molecule has 27 heavy (non-hydrogen) atoms. The van der Waals surface area contributed by atoms with Crippen LogP contribution in [0.25, 0.3) is 0 Å². The molecule has 0 aliphatic rings. The van der Waals surface area contributed by atoms with Gasteiger partial charge in [0.15, 0.2) is 0 Å². The number of aromatic nitrogens is 2. The maximum absolute atomic E-state index is 10.8. The Morgan fingerprint density at radius 1 is 1.22 bits per heavy atom. The first-order valence-corrected chi connectivity index (χ1v) is 8.71. The van der Waals surface area contributed by atoms with Crippen LogP contribution in [0.5, 0.6) is 0 Å². The van der Waals surface area contributed by atoms with Gasteiger partial charge in [-0.3, -0.25) is 10.1 Å². The molecular formula is C20H18ClN4O2-. The molecule has 0 saturated carbocycles. The van der Waals surface area contributed by atoms with E-state index in [-0.39, 0.29) is 5.56 Å². The van der Waals surface area contributed by atoms with Gasteiger partial charge in [-0.15, -0.1) is 0 Å². The normalized spacial score (nSPS) is 11.1. The second-order valence-electron chi connectivity index (χ2n) is 6.07. The number of anilines is 1. The van der Waals surface area contributed by atoms with Gasteiger partial charge < -0.3 is 9.90 Å². The number of hydrogen-bond donors (Lipinski definition) is 1. The number of rotatable bonds is 6. The van der Waals surface area contributed by atoms with Crippen LogP contribution in [0, 0.1) is 13.8 Å². The second-order valence-corrected chi connectivity index (χ2v) is 6.48. The molecule has 1 N–H and O–H groups in total. The van der Waals surface area contributed by atoms with E-state index in [1.54, 1.807) is 18.3 Å². The van der Waals surface area contributed by atoms with Gasteiger partial charge in [-0.1, -0.05) is 41.9 Å². The molecule has 1 heterocycles. The van der Waals surface area contributed by atoms with Crippen molar-refractivity contribution in [2.45, 2.75) is 20.4 Å². The molecule has 0 saturated heterocycles. The van der Waals surface area contributed by atoms with Crippen molar-refractivity contribution in [3.8, 4) is 0 Å². The summed E-state index contributed by atoms with van der Waals surface area (Å²) in [5.41, 5.74) is 7.43. The van der Waals surface area contributed by atoms with E-state index in [2.05, 4.69) is 15.6 Å². The van der Waals surface area contributed by atoms with E-state index in [0.717, 1.165) is 22.5 Å². The minimum atomic E-state index is -1.21. The van der Waals surface area contributed by atoms with Crippen molar-refractivity contribution in [1.82, 2.24) is 9.78 Å². The van der Waals surface area contributed by atoms with E-state index in [0.29, 0.717) is 17.3 Å². The summed E-state index contributed by atoms with van der Waals surface area (Å²) in [6, 6.07) is 13.9. The zero-order valence-electron chi connectivity index (χ0n) is 14.9. The third kappa shape index (κ3) is 4.35. The van der Waals surface area contributed by atoms with Crippen molar-refractivity contribution in [1.29, 1.82) is 0 Å². The van der Waals surface area contributed by atoms with E-state index in [4.69, 9.17) is 11.6 Å². The van der Waals surface area contributed by atoms with Gasteiger partial charge in [-0.05, 0) is 43.2 Å². The summed E-state index contributed by atoms with van der Waals surface area (Å²) in [6.07, 6.45) is 1.70. The summed E-state index contributed by atoms with van der Waals surface area (Å²) >= 11 is 6.24. The Bertz CT molecular complexity index is 994. The molecule has 6 nitrogen and oxygen atoms in total. The fourth-order valence-electron chi connectivity index (χ4n) is 2.69. The van der Waals surface area contributed by atoms with E-state index >= 15 is 0 Å². The number of aryl methyl sites for hydroxylation is 1. The number of carboxylic acid groups (broad SMARTS) is 1. The highest BCUT2D eigenvalue weighted by molar-refractivity contribution is 6.31. The van der Waals surface area contributed by atoms with Crippen molar-refractivity contribution in [2.24, 2.45) is 5.10 Å². The average Bonchev–Trinajstić information content (AvgIpc) is 2.91. The molecule has 3 aromatic rings. The molecule has 0 amide bonds. The van der Waals surface area contributed by atoms with Gasteiger partial charge in [-0.25, -0.2) is 0 Å². The van der Waals surface area contributed by atoms with Crippen LogP contribution in [0.1, 0.15) is 32.9 Å². The molecule has 138 valence electrons. The lowest BCUT2D eigenvalue weighted by Crippen LogP contribution is -2.21. The number of halogens is 1. The van der Waals surface area contributed by atoms with E-state index < -0.39 is 5.97 Å². The van der Waals surface area contributed by atoms with Gasteiger partial charge >= 0.3 is 0 Å². The molecule has 0 aliphatic heterocycles. The second kappa shape index (κ2) is 8.05. The summed E-state index contributed by atoms with van der Waals surface area (Å²) in [7, 11) is 0. The third-order valence-electron chi connectivity index (χ3n) is 4.22. The molecule has 0 fully saturated rings. The molecule has 0 unspecified atom stereocenters. The zero-order chi connectivity index (χ0) is 19.4. The molecule has 0 bridgehead atoms. The molecule has 0 aliphatic carbocycles. The number of carbonyl (C=O) groups is 1. The highest BCUT2D eigenvalue weighted by atomic mass is 35.5. The lowest BCUT2D eigenvalue weighted by molar-refractivity contribution is -0.255. The fourth-order valence-corrected chi connectivity index (χ4v) is 2.89. The van der Waals surface area contributed by atoms with Crippen LogP contribution >= 0.6 is 11.6 Å². The average molecular weight is 382 g/mol. The van der Waals surface area contributed by atoms with E-state index in [9.17, 15) is 9.90 Å². The molecule has 0 radical (unpaired) electrons. The molecule has 3 rings (SSSR count). The van der Waals surface area contributed by atoms with Crippen LogP contribution in [-0.2, 0) is 6.54 Å². The van der Waals surface area contributed by atoms with Gasteiger partial charge in [0.2, 0.25) is 0 Å². The van der Waals surface area contributed by atoms with Crippen molar-refractivity contribution in [3.63, 3.8) is 0 Å². The van der Waals surface area contributed by atoms with Crippen molar-refractivity contribution >= 4 is 29.5 Å². The number of carbonyl (C=O) groups excluding carboxylic acids is 1. The molecule has 0 atom stereocenters. The summed E-state index contributed by atoms with van der Waals surface area (Å²) in [6.45, 7) is 4.48. The van der Waals surface area contributed by atoms with Gasteiger partial charge in [0, 0.05) is 16.3 Å². The number of hydrazone groups is 1. The monoisotopic (exact) mass is 381 g/mol. The third-order valence-corrected chi connectivity index (χ3v) is 4.59. The Morgan fingerprint density at radius 2 is 1.93 bits per heavy atom. The number of benzene rings is 2. The van der Waals surface area contributed by atoms with Crippen LogP contribution in [0.3, 0.4) is 0 Å². The Labute approximate surface area is 162 Å². The largest absolute Gasteiger partial charge is 0.545 e. The summed E-state index contributed by atoms with van der Waals surface area (Å²) < 4.78 is 1.90. The van der Waals surface area contributed by atoms with Gasteiger partial charge in [0.05, 0.1) is 30.1 Å². The molecule has 2 aromatic carbocycles. The van der Waals surface area contributed by atoms with E-state index in [1.165, 1.54) is 12.1 Å². The van der Waals surface area contributed by atoms with Crippen LogP contribution in [-0.4, -0.2) is 22.0 Å². The SMILES string of the molecule is Cc1nn(Cc2ccccc2Cl)c(C)c1/C=N\Nc1ccc(C(=O)[O-])cc1. The first-order chi connectivity index (χ1) is 13.0. The number of carboxylic acids is 1. The standard InChI is InChI=1S/C20H19ClN4O2/c1-13-18(11-22-23-17-9-7-15(8-10-17)20(26)27)14(2)25(24-13)12-16-5-3-4-6-19(16)21/h3-11,23H,12H2,1-2H3,(H,26,27)/p-1/b22-11-. The van der Waals surface area contributed by atoms with Gasteiger partial charge in [-0.2, -0.15) is 10.2 Å². The lowest BCUT2D eigenvalue weighted by Gasteiger charge is -2.06. The quantitative estimate of drug-likeness (QED) is 0.525. The smallest absolute Gasteiger partial charge is 0.0715 e. The maximum Gasteiger partial charge on any atom is 0.0715 e. The minimum absolute atomic E-state index is 0.122. The van der Waals surface area contributed by atoms with Crippen molar-refractivity contribution in [2.75, 3.05) is 5.43 Å². The molecular weight excluding hydrogens is 364 g/mol. The van der Waals surface area contributed by atoms with Crippen LogP contribution < -0.4 is 10.5 Å². The summed E-state index contributed by atoms with van der Waals surface area (Å²) in [4.78, 5) is 10.8.